The Bertz CT molecular complexity index is 800. The van der Waals surface area contributed by atoms with Gasteiger partial charge in [0.05, 0.1) is 0 Å². The highest BCUT2D eigenvalue weighted by molar-refractivity contribution is 5.75. The maximum atomic E-state index is 14.3. The third-order valence-corrected chi connectivity index (χ3v) is 3.59. The molecule has 1 atom stereocenters. The number of nitrogens with zero attached hydrogens (tertiary/aromatic N) is 2. The fraction of sp³-hybridized carbons (Fsp3) is 0.222. The number of hydrogen-bond acceptors (Lipinski definition) is 6. The van der Waals surface area contributed by atoms with Crippen molar-refractivity contribution in [2.24, 2.45) is 11.5 Å². The summed E-state index contributed by atoms with van der Waals surface area (Å²) in [6.07, 6.45) is 2.49. The van der Waals surface area contributed by atoms with Crippen LogP contribution in [0.1, 0.15) is 25.1 Å². The normalized spacial score (nSPS) is 11.7. The molecule has 0 aliphatic heterocycles. The number of rotatable bonds is 7. The molecular weight excluding hydrogens is 319 g/mol. The third kappa shape index (κ3) is 4.54. The van der Waals surface area contributed by atoms with Gasteiger partial charge in [0.1, 0.15) is 5.82 Å². The van der Waals surface area contributed by atoms with Crippen molar-refractivity contribution in [3.63, 3.8) is 0 Å². The van der Waals surface area contributed by atoms with Gasteiger partial charge in [-0.25, -0.2) is 9.37 Å². The first-order valence-electron chi connectivity index (χ1n) is 7.90. The molecule has 0 aliphatic rings. The Hall–Kier alpha value is -2.93. The molecule has 2 heterocycles. The topological polar surface area (TPSA) is 102 Å². The first kappa shape index (κ1) is 18.4. The van der Waals surface area contributed by atoms with Crippen molar-refractivity contribution < 1.29 is 4.39 Å². The summed E-state index contributed by atoms with van der Waals surface area (Å²) < 4.78 is 14.3. The summed E-state index contributed by atoms with van der Waals surface area (Å²) >= 11 is 0. The molecule has 0 saturated heterocycles. The van der Waals surface area contributed by atoms with Gasteiger partial charge in [-0.05, 0) is 31.5 Å². The average Bonchev–Trinajstić information content (AvgIpc) is 2.57. The van der Waals surface area contributed by atoms with Gasteiger partial charge >= 0.3 is 0 Å². The molecule has 0 aromatic carbocycles. The summed E-state index contributed by atoms with van der Waals surface area (Å²) in [5, 5.41) is 5.94. The summed E-state index contributed by atoms with van der Waals surface area (Å²) in [5.41, 5.74) is 14.2. The molecule has 6 nitrogen and oxygen atoms in total. The number of nitrogens with one attached hydrogen (secondary N) is 2. The van der Waals surface area contributed by atoms with Gasteiger partial charge in [-0.1, -0.05) is 20.1 Å². The van der Waals surface area contributed by atoms with Gasteiger partial charge in [-0.15, -0.1) is 0 Å². The Morgan fingerprint density at radius 2 is 2.04 bits per heavy atom. The predicted octanol–water partition coefficient (Wildman–Crippen LogP) is 3.12. The summed E-state index contributed by atoms with van der Waals surface area (Å²) in [5.74, 6) is -0.181. The van der Waals surface area contributed by atoms with Crippen LogP contribution >= 0.6 is 0 Å². The molecule has 0 fully saturated rings. The third-order valence-electron chi connectivity index (χ3n) is 3.59. The van der Waals surface area contributed by atoms with E-state index in [1.54, 1.807) is 19.2 Å². The second-order valence-electron chi connectivity index (χ2n) is 5.69. The van der Waals surface area contributed by atoms with Crippen molar-refractivity contribution in [3.05, 3.63) is 60.3 Å². The number of aryl methyl sites for hydroxylation is 1. The highest BCUT2D eigenvalue weighted by Crippen LogP contribution is 2.27. The first-order valence-corrected chi connectivity index (χ1v) is 7.90. The number of pyridine rings is 2. The van der Waals surface area contributed by atoms with Gasteiger partial charge < -0.3 is 22.1 Å². The highest BCUT2D eigenvalue weighted by atomic mass is 19.1. The number of hydrogen-bond donors (Lipinski definition) is 4. The van der Waals surface area contributed by atoms with E-state index in [9.17, 15) is 4.39 Å². The SMILES string of the molecule is C=C(N)c1cc(F)c(NC(=C)C(C)N)nc1Nc1ccnc(CC)c1. The zero-order chi connectivity index (χ0) is 18.6. The standard InChI is InChI=1S/C18H23FN6/c1-5-13-8-14(6-7-22-13)24-17-15(11(3)21)9-16(19)18(25-17)23-12(4)10(2)20/h6-10H,3-5,20-21H2,1-2H3,(H2,22,23,24,25). The van der Waals surface area contributed by atoms with Crippen LogP contribution in [0.25, 0.3) is 5.70 Å². The summed E-state index contributed by atoms with van der Waals surface area (Å²) in [6, 6.07) is 4.61. The minimum Gasteiger partial charge on any atom is -0.399 e. The van der Waals surface area contributed by atoms with Gasteiger partial charge in [0.2, 0.25) is 0 Å². The smallest absolute Gasteiger partial charge is 0.168 e. The van der Waals surface area contributed by atoms with Crippen LogP contribution in [0.4, 0.5) is 21.7 Å². The highest BCUT2D eigenvalue weighted by Gasteiger charge is 2.15. The van der Waals surface area contributed by atoms with Crippen LogP contribution in [0.5, 0.6) is 0 Å². The van der Waals surface area contributed by atoms with Gasteiger partial charge in [0.15, 0.2) is 11.6 Å². The predicted molar refractivity (Wildman–Crippen MR) is 101 cm³/mol. The van der Waals surface area contributed by atoms with E-state index in [1.807, 2.05) is 13.0 Å². The number of anilines is 3. The zero-order valence-corrected chi connectivity index (χ0v) is 14.4. The lowest BCUT2D eigenvalue weighted by Crippen LogP contribution is -2.23. The lowest BCUT2D eigenvalue weighted by molar-refractivity contribution is 0.625. The van der Waals surface area contributed by atoms with Gasteiger partial charge in [0.25, 0.3) is 0 Å². The second kappa shape index (κ2) is 7.76. The van der Waals surface area contributed by atoms with Gasteiger partial charge in [-0.2, -0.15) is 0 Å². The van der Waals surface area contributed by atoms with Crippen molar-refractivity contribution in [2.45, 2.75) is 26.3 Å². The maximum absolute atomic E-state index is 14.3. The average molecular weight is 342 g/mol. The molecule has 0 radical (unpaired) electrons. The van der Waals surface area contributed by atoms with Crippen LogP contribution in [0, 0.1) is 5.82 Å². The van der Waals surface area contributed by atoms with Crippen molar-refractivity contribution in [1.29, 1.82) is 0 Å². The monoisotopic (exact) mass is 342 g/mol. The van der Waals surface area contributed by atoms with Crippen molar-refractivity contribution in [1.82, 2.24) is 9.97 Å². The zero-order valence-electron chi connectivity index (χ0n) is 14.4. The van der Waals surface area contributed by atoms with E-state index >= 15 is 0 Å². The number of aromatic nitrogens is 2. The molecule has 25 heavy (non-hydrogen) atoms. The van der Waals surface area contributed by atoms with Crippen LogP contribution in [0.15, 0.2) is 43.3 Å². The Morgan fingerprint density at radius 1 is 1.32 bits per heavy atom. The lowest BCUT2D eigenvalue weighted by Gasteiger charge is -2.17. The van der Waals surface area contributed by atoms with E-state index in [1.165, 1.54) is 6.07 Å². The van der Waals surface area contributed by atoms with Gasteiger partial charge in [-0.3, -0.25) is 4.98 Å². The molecule has 0 saturated carbocycles. The van der Waals surface area contributed by atoms with Crippen LogP contribution < -0.4 is 22.1 Å². The summed E-state index contributed by atoms with van der Waals surface area (Å²) in [6.45, 7) is 11.2. The fourth-order valence-electron chi connectivity index (χ4n) is 2.07. The molecule has 0 bridgehead atoms. The largest absolute Gasteiger partial charge is 0.399 e. The van der Waals surface area contributed by atoms with Crippen LogP contribution in [-0.2, 0) is 6.42 Å². The molecule has 2 aromatic rings. The van der Waals surface area contributed by atoms with E-state index in [4.69, 9.17) is 11.5 Å². The van der Waals surface area contributed by atoms with E-state index in [0.29, 0.717) is 17.1 Å². The maximum Gasteiger partial charge on any atom is 0.168 e. The quantitative estimate of drug-likeness (QED) is 0.617. The Morgan fingerprint density at radius 3 is 2.64 bits per heavy atom. The molecule has 1 unspecified atom stereocenters. The van der Waals surface area contributed by atoms with Crippen molar-refractivity contribution >= 4 is 23.0 Å². The lowest BCUT2D eigenvalue weighted by atomic mass is 10.2. The van der Waals surface area contributed by atoms with Crippen molar-refractivity contribution in [2.75, 3.05) is 10.6 Å². The molecule has 2 rings (SSSR count). The molecule has 2 aromatic heterocycles. The minimum atomic E-state index is -0.571. The summed E-state index contributed by atoms with van der Waals surface area (Å²) in [7, 11) is 0. The number of halogens is 1. The van der Waals surface area contributed by atoms with Crippen LogP contribution in [-0.4, -0.2) is 16.0 Å². The molecule has 132 valence electrons. The van der Waals surface area contributed by atoms with Crippen molar-refractivity contribution in [3.8, 4) is 0 Å². The Balaban J connectivity index is 2.42. The van der Waals surface area contributed by atoms with E-state index < -0.39 is 5.82 Å². The first-order chi connectivity index (χ1) is 11.8. The Kier molecular flexibility index (Phi) is 5.71. The van der Waals surface area contributed by atoms with Gasteiger partial charge in [0, 0.05) is 40.6 Å². The molecular formula is C18H23FN6. The van der Waals surface area contributed by atoms with E-state index in [0.717, 1.165) is 17.8 Å². The molecule has 6 N–H and O–H groups in total. The summed E-state index contributed by atoms with van der Waals surface area (Å²) in [4.78, 5) is 8.54. The molecule has 7 heteroatoms. The van der Waals surface area contributed by atoms with E-state index in [-0.39, 0.29) is 17.6 Å². The van der Waals surface area contributed by atoms with Crippen LogP contribution in [0.3, 0.4) is 0 Å². The van der Waals surface area contributed by atoms with Crippen LogP contribution in [0.2, 0.25) is 0 Å². The fourth-order valence-corrected chi connectivity index (χ4v) is 2.07. The minimum absolute atomic E-state index is 0.0135. The molecule has 0 spiro atoms. The molecule has 0 amide bonds. The van der Waals surface area contributed by atoms with E-state index in [2.05, 4.69) is 33.8 Å². The molecule has 0 aliphatic carbocycles. The second-order valence-corrected chi connectivity index (χ2v) is 5.69. The Labute approximate surface area is 146 Å². The number of nitrogens with two attached hydrogens (primary N) is 2.